The van der Waals surface area contributed by atoms with Gasteiger partial charge in [0.2, 0.25) is 5.91 Å². The zero-order valence-electron chi connectivity index (χ0n) is 9.68. The minimum atomic E-state index is -0.390. The number of rotatable bonds is 3. The summed E-state index contributed by atoms with van der Waals surface area (Å²) in [6, 6.07) is 0.576. The standard InChI is InChI=1S/C11H21N3O/c1-11(2,13-9-3-4-9)10(15)14-7-5-12-6-8-14/h9,12-13H,3-8H2,1-2H3. The van der Waals surface area contributed by atoms with Gasteiger partial charge in [0.1, 0.15) is 0 Å². The molecule has 2 fully saturated rings. The minimum absolute atomic E-state index is 0.246. The average molecular weight is 211 g/mol. The van der Waals surface area contributed by atoms with Gasteiger partial charge in [-0.15, -0.1) is 0 Å². The van der Waals surface area contributed by atoms with E-state index >= 15 is 0 Å². The Hall–Kier alpha value is -0.610. The fraction of sp³-hybridized carbons (Fsp3) is 0.909. The van der Waals surface area contributed by atoms with Crippen LogP contribution in [0.3, 0.4) is 0 Å². The van der Waals surface area contributed by atoms with Gasteiger partial charge in [0.05, 0.1) is 5.54 Å². The maximum Gasteiger partial charge on any atom is 0.242 e. The first kappa shape index (κ1) is 10.9. The van der Waals surface area contributed by atoms with Crippen LogP contribution in [-0.4, -0.2) is 48.6 Å². The van der Waals surface area contributed by atoms with Crippen molar-refractivity contribution in [3.05, 3.63) is 0 Å². The van der Waals surface area contributed by atoms with Crippen LogP contribution in [0.25, 0.3) is 0 Å². The van der Waals surface area contributed by atoms with Crippen molar-refractivity contribution in [3.8, 4) is 0 Å². The van der Waals surface area contributed by atoms with Crippen LogP contribution >= 0.6 is 0 Å². The Kier molecular flexibility index (Phi) is 2.98. The number of amides is 1. The first-order valence-electron chi connectivity index (χ1n) is 5.87. The Morgan fingerprint density at radius 1 is 1.33 bits per heavy atom. The smallest absolute Gasteiger partial charge is 0.242 e. The monoisotopic (exact) mass is 211 g/mol. The summed E-state index contributed by atoms with van der Waals surface area (Å²) in [6.45, 7) is 7.52. The summed E-state index contributed by atoms with van der Waals surface area (Å²) >= 11 is 0. The third-order valence-corrected chi connectivity index (χ3v) is 3.08. The summed E-state index contributed by atoms with van der Waals surface area (Å²) in [4.78, 5) is 14.2. The van der Waals surface area contributed by atoms with E-state index < -0.39 is 5.54 Å². The molecule has 0 spiro atoms. The third-order valence-electron chi connectivity index (χ3n) is 3.08. The first-order chi connectivity index (χ1) is 7.09. The van der Waals surface area contributed by atoms with Gasteiger partial charge in [-0.25, -0.2) is 0 Å². The van der Waals surface area contributed by atoms with Crippen LogP contribution in [0.4, 0.5) is 0 Å². The summed E-state index contributed by atoms with van der Waals surface area (Å²) in [6.07, 6.45) is 2.44. The van der Waals surface area contributed by atoms with Crippen molar-refractivity contribution >= 4 is 5.91 Å². The summed E-state index contributed by atoms with van der Waals surface area (Å²) in [7, 11) is 0. The zero-order chi connectivity index (χ0) is 10.9. The highest BCUT2D eigenvalue weighted by Gasteiger charge is 2.37. The van der Waals surface area contributed by atoms with Crippen LogP contribution in [0.2, 0.25) is 0 Å². The van der Waals surface area contributed by atoms with Crippen LogP contribution in [-0.2, 0) is 4.79 Å². The van der Waals surface area contributed by atoms with Crippen LogP contribution < -0.4 is 10.6 Å². The largest absolute Gasteiger partial charge is 0.339 e. The van der Waals surface area contributed by atoms with Crippen molar-refractivity contribution in [1.29, 1.82) is 0 Å². The SMILES string of the molecule is CC(C)(NC1CC1)C(=O)N1CCNCC1. The average Bonchev–Trinajstić information content (AvgIpc) is 3.01. The topological polar surface area (TPSA) is 44.4 Å². The minimum Gasteiger partial charge on any atom is -0.339 e. The second kappa shape index (κ2) is 4.10. The molecule has 1 saturated heterocycles. The zero-order valence-corrected chi connectivity index (χ0v) is 9.68. The maximum atomic E-state index is 12.2. The number of hydrogen-bond acceptors (Lipinski definition) is 3. The fourth-order valence-electron chi connectivity index (χ4n) is 2.06. The van der Waals surface area contributed by atoms with E-state index in [4.69, 9.17) is 0 Å². The van der Waals surface area contributed by atoms with E-state index in [1.165, 1.54) is 12.8 Å². The predicted octanol–water partition coefficient (Wildman–Crippen LogP) is -0.0512. The normalized spacial score (nSPS) is 22.9. The molecule has 4 heteroatoms. The predicted molar refractivity (Wildman–Crippen MR) is 59.7 cm³/mol. The van der Waals surface area contributed by atoms with E-state index in [2.05, 4.69) is 10.6 Å². The van der Waals surface area contributed by atoms with Gasteiger partial charge >= 0.3 is 0 Å². The van der Waals surface area contributed by atoms with E-state index in [1.54, 1.807) is 0 Å². The van der Waals surface area contributed by atoms with E-state index in [0.29, 0.717) is 6.04 Å². The van der Waals surface area contributed by atoms with E-state index in [-0.39, 0.29) is 5.91 Å². The van der Waals surface area contributed by atoms with Gasteiger partial charge in [-0.3, -0.25) is 4.79 Å². The number of carbonyl (C=O) groups excluding carboxylic acids is 1. The van der Waals surface area contributed by atoms with Crippen LogP contribution in [0.1, 0.15) is 26.7 Å². The molecule has 86 valence electrons. The molecule has 1 aliphatic heterocycles. The third kappa shape index (κ3) is 2.69. The van der Waals surface area contributed by atoms with Crippen LogP contribution in [0, 0.1) is 0 Å². The van der Waals surface area contributed by atoms with Gasteiger partial charge in [-0.05, 0) is 26.7 Å². The quantitative estimate of drug-likeness (QED) is 0.688. The lowest BCUT2D eigenvalue weighted by Crippen LogP contribution is -2.58. The Morgan fingerprint density at radius 3 is 2.47 bits per heavy atom. The lowest BCUT2D eigenvalue weighted by atomic mass is 10.0. The van der Waals surface area contributed by atoms with Gasteiger partial charge in [0, 0.05) is 32.2 Å². The molecule has 0 atom stereocenters. The maximum absolute atomic E-state index is 12.2. The van der Waals surface area contributed by atoms with Crippen molar-refractivity contribution in [2.24, 2.45) is 0 Å². The molecule has 2 N–H and O–H groups in total. The first-order valence-corrected chi connectivity index (χ1v) is 5.87. The molecule has 1 saturated carbocycles. The molecule has 0 bridgehead atoms. The number of nitrogens with zero attached hydrogens (tertiary/aromatic N) is 1. The molecule has 0 radical (unpaired) electrons. The number of hydrogen-bond donors (Lipinski definition) is 2. The summed E-state index contributed by atoms with van der Waals surface area (Å²) in [5, 5.41) is 6.68. The van der Waals surface area contributed by atoms with Gasteiger partial charge < -0.3 is 15.5 Å². The Morgan fingerprint density at radius 2 is 1.93 bits per heavy atom. The molecule has 15 heavy (non-hydrogen) atoms. The molecule has 1 aliphatic carbocycles. The number of carbonyl (C=O) groups is 1. The van der Waals surface area contributed by atoms with Crippen molar-refractivity contribution < 1.29 is 4.79 Å². The molecule has 2 aliphatic rings. The highest BCUT2D eigenvalue weighted by molar-refractivity contribution is 5.85. The van der Waals surface area contributed by atoms with Crippen LogP contribution in [0.5, 0.6) is 0 Å². The van der Waals surface area contributed by atoms with Crippen molar-refractivity contribution in [2.45, 2.75) is 38.3 Å². The second-order valence-electron chi connectivity index (χ2n) is 5.09. The lowest BCUT2D eigenvalue weighted by molar-refractivity contribution is -0.137. The van der Waals surface area contributed by atoms with Gasteiger partial charge in [-0.1, -0.05) is 0 Å². The van der Waals surface area contributed by atoms with Gasteiger partial charge in [0.25, 0.3) is 0 Å². The second-order valence-corrected chi connectivity index (χ2v) is 5.09. The van der Waals surface area contributed by atoms with Gasteiger partial charge in [0.15, 0.2) is 0 Å². The van der Waals surface area contributed by atoms with Crippen LogP contribution in [0.15, 0.2) is 0 Å². The summed E-state index contributed by atoms with van der Waals surface area (Å²) in [5.41, 5.74) is -0.390. The summed E-state index contributed by atoms with van der Waals surface area (Å²) in [5.74, 6) is 0.246. The van der Waals surface area contributed by atoms with Crippen molar-refractivity contribution in [1.82, 2.24) is 15.5 Å². The number of nitrogens with one attached hydrogen (secondary N) is 2. The van der Waals surface area contributed by atoms with Gasteiger partial charge in [-0.2, -0.15) is 0 Å². The summed E-state index contributed by atoms with van der Waals surface area (Å²) < 4.78 is 0. The highest BCUT2D eigenvalue weighted by atomic mass is 16.2. The lowest BCUT2D eigenvalue weighted by Gasteiger charge is -2.35. The van der Waals surface area contributed by atoms with E-state index in [1.807, 2.05) is 18.7 Å². The highest BCUT2D eigenvalue weighted by Crippen LogP contribution is 2.23. The molecule has 1 amide bonds. The number of piperazine rings is 1. The van der Waals surface area contributed by atoms with Crippen molar-refractivity contribution in [3.63, 3.8) is 0 Å². The molecular formula is C11H21N3O. The molecule has 0 aromatic carbocycles. The van der Waals surface area contributed by atoms with Crippen molar-refractivity contribution in [2.75, 3.05) is 26.2 Å². The fourth-order valence-corrected chi connectivity index (χ4v) is 2.06. The Bertz CT molecular complexity index is 242. The molecular weight excluding hydrogens is 190 g/mol. The Labute approximate surface area is 91.4 Å². The molecule has 0 unspecified atom stereocenters. The molecule has 0 aromatic rings. The van der Waals surface area contributed by atoms with E-state index in [9.17, 15) is 4.79 Å². The Balaban J connectivity index is 1.91. The molecule has 1 heterocycles. The molecule has 4 nitrogen and oxygen atoms in total. The van der Waals surface area contributed by atoms with E-state index in [0.717, 1.165) is 26.2 Å². The molecule has 0 aromatic heterocycles. The molecule has 2 rings (SSSR count).